The van der Waals surface area contributed by atoms with E-state index in [4.69, 9.17) is 10.5 Å². The highest BCUT2D eigenvalue weighted by Crippen LogP contribution is 2.29. The summed E-state index contributed by atoms with van der Waals surface area (Å²) in [6.45, 7) is 2.86. The molecule has 1 aromatic rings. The number of anilines is 1. The van der Waals surface area contributed by atoms with E-state index in [0.717, 1.165) is 31.2 Å². The lowest BCUT2D eigenvalue weighted by Crippen LogP contribution is -2.05. The van der Waals surface area contributed by atoms with Crippen LogP contribution in [0.1, 0.15) is 32.0 Å². The fourth-order valence-corrected chi connectivity index (χ4v) is 1.39. The fourth-order valence-electron chi connectivity index (χ4n) is 1.39. The Labute approximate surface area is 89.9 Å². The summed E-state index contributed by atoms with van der Waals surface area (Å²) in [5, 5.41) is 0. The van der Waals surface area contributed by atoms with Crippen LogP contribution in [0.5, 0.6) is 5.88 Å². The second kappa shape index (κ2) is 4.47. The molecular formula is C11H17N3O. The van der Waals surface area contributed by atoms with E-state index in [1.54, 1.807) is 6.07 Å². The van der Waals surface area contributed by atoms with Gasteiger partial charge in [0.1, 0.15) is 11.6 Å². The Morgan fingerprint density at radius 3 is 2.93 bits per heavy atom. The van der Waals surface area contributed by atoms with Crippen molar-refractivity contribution >= 4 is 5.82 Å². The molecule has 0 atom stereocenters. The van der Waals surface area contributed by atoms with Crippen molar-refractivity contribution in [3.05, 3.63) is 11.9 Å². The molecular weight excluding hydrogens is 190 g/mol. The number of nitrogen functional groups attached to an aromatic ring is 1. The maximum atomic E-state index is 5.68. The van der Waals surface area contributed by atoms with Gasteiger partial charge in [-0.1, -0.05) is 6.92 Å². The van der Waals surface area contributed by atoms with E-state index >= 15 is 0 Å². The van der Waals surface area contributed by atoms with Gasteiger partial charge in [0.15, 0.2) is 0 Å². The molecule has 15 heavy (non-hydrogen) atoms. The molecule has 0 aliphatic heterocycles. The van der Waals surface area contributed by atoms with Gasteiger partial charge in [-0.3, -0.25) is 0 Å². The van der Waals surface area contributed by atoms with Crippen LogP contribution in [-0.4, -0.2) is 16.6 Å². The Bertz CT molecular complexity index is 337. The molecule has 1 aliphatic rings. The number of rotatable bonds is 5. The minimum atomic E-state index is 0.499. The van der Waals surface area contributed by atoms with Gasteiger partial charge in [0.2, 0.25) is 5.88 Å². The summed E-state index contributed by atoms with van der Waals surface area (Å²) in [6.07, 6.45) is 4.43. The minimum absolute atomic E-state index is 0.499. The van der Waals surface area contributed by atoms with Gasteiger partial charge in [0.05, 0.1) is 6.61 Å². The SMILES string of the molecule is CCCc1nc(N)cc(OCC2CC2)n1. The van der Waals surface area contributed by atoms with E-state index in [1.165, 1.54) is 12.8 Å². The molecule has 1 saturated carbocycles. The topological polar surface area (TPSA) is 61.0 Å². The summed E-state index contributed by atoms with van der Waals surface area (Å²) in [6, 6.07) is 1.70. The monoisotopic (exact) mass is 207 g/mol. The van der Waals surface area contributed by atoms with Crippen LogP contribution in [0.4, 0.5) is 5.82 Å². The van der Waals surface area contributed by atoms with Gasteiger partial charge >= 0.3 is 0 Å². The van der Waals surface area contributed by atoms with Gasteiger partial charge in [0, 0.05) is 12.5 Å². The first-order valence-electron chi connectivity index (χ1n) is 5.54. The van der Waals surface area contributed by atoms with E-state index in [1.807, 2.05) is 0 Å². The van der Waals surface area contributed by atoms with Crippen LogP contribution in [0.3, 0.4) is 0 Å². The zero-order chi connectivity index (χ0) is 10.7. The first-order chi connectivity index (χ1) is 7.28. The molecule has 0 bridgehead atoms. The third-order valence-corrected chi connectivity index (χ3v) is 2.41. The van der Waals surface area contributed by atoms with Crippen LogP contribution < -0.4 is 10.5 Å². The molecule has 4 nitrogen and oxygen atoms in total. The third kappa shape index (κ3) is 3.08. The Morgan fingerprint density at radius 1 is 1.47 bits per heavy atom. The molecule has 0 radical (unpaired) electrons. The van der Waals surface area contributed by atoms with Crippen molar-refractivity contribution in [2.24, 2.45) is 5.92 Å². The molecule has 0 spiro atoms. The van der Waals surface area contributed by atoms with Gasteiger partial charge in [-0.05, 0) is 25.2 Å². The average molecular weight is 207 g/mol. The Balaban J connectivity index is 2.00. The number of hydrogen-bond acceptors (Lipinski definition) is 4. The molecule has 2 N–H and O–H groups in total. The predicted molar refractivity (Wildman–Crippen MR) is 58.7 cm³/mol. The fraction of sp³-hybridized carbons (Fsp3) is 0.636. The van der Waals surface area contributed by atoms with Crippen LogP contribution in [-0.2, 0) is 6.42 Å². The molecule has 82 valence electrons. The Kier molecular flexibility index (Phi) is 3.04. The van der Waals surface area contributed by atoms with Crippen LogP contribution in [0, 0.1) is 5.92 Å². The predicted octanol–water partition coefficient (Wildman–Crippen LogP) is 1.80. The van der Waals surface area contributed by atoms with Crippen LogP contribution in [0.2, 0.25) is 0 Å². The molecule has 0 amide bonds. The molecule has 0 aromatic carbocycles. The molecule has 4 heteroatoms. The first-order valence-corrected chi connectivity index (χ1v) is 5.54. The highest BCUT2D eigenvalue weighted by atomic mass is 16.5. The highest BCUT2D eigenvalue weighted by molar-refractivity contribution is 5.32. The Morgan fingerprint density at radius 2 is 2.27 bits per heavy atom. The molecule has 1 heterocycles. The lowest BCUT2D eigenvalue weighted by molar-refractivity contribution is 0.287. The van der Waals surface area contributed by atoms with Crippen molar-refractivity contribution in [3.63, 3.8) is 0 Å². The van der Waals surface area contributed by atoms with Crippen LogP contribution >= 0.6 is 0 Å². The second-order valence-corrected chi connectivity index (χ2v) is 4.05. The maximum absolute atomic E-state index is 5.68. The van der Waals surface area contributed by atoms with Crippen molar-refractivity contribution in [3.8, 4) is 5.88 Å². The number of nitrogens with two attached hydrogens (primary N) is 1. The summed E-state index contributed by atoms with van der Waals surface area (Å²) >= 11 is 0. The van der Waals surface area contributed by atoms with E-state index in [0.29, 0.717) is 11.7 Å². The van der Waals surface area contributed by atoms with E-state index in [2.05, 4.69) is 16.9 Å². The lowest BCUT2D eigenvalue weighted by atomic mass is 10.3. The molecule has 1 fully saturated rings. The van der Waals surface area contributed by atoms with Gasteiger partial charge in [-0.25, -0.2) is 4.98 Å². The third-order valence-electron chi connectivity index (χ3n) is 2.41. The largest absolute Gasteiger partial charge is 0.477 e. The van der Waals surface area contributed by atoms with Crippen LogP contribution in [0.25, 0.3) is 0 Å². The van der Waals surface area contributed by atoms with Crippen molar-refractivity contribution in [2.75, 3.05) is 12.3 Å². The summed E-state index contributed by atoms with van der Waals surface area (Å²) < 4.78 is 5.57. The van der Waals surface area contributed by atoms with E-state index in [-0.39, 0.29) is 0 Å². The van der Waals surface area contributed by atoms with Crippen molar-refractivity contribution in [2.45, 2.75) is 32.6 Å². The summed E-state index contributed by atoms with van der Waals surface area (Å²) in [7, 11) is 0. The summed E-state index contributed by atoms with van der Waals surface area (Å²) in [4.78, 5) is 8.46. The van der Waals surface area contributed by atoms with Gasteiger partial charge in [0.25, 0.3) is 0 Å². The quantitative estimate of drug-likeness (QED) is 0.799. The maximum Gasteiger partial charge on any atom is 0.218 e. The van der Waals surface area contributed by atoms with Gasteiger partial charge in [-0.15, -0.1) is 0 Å². The number of nitrogens with zero attached hydrogens (tertiary/aromatic N) is 2. The normalized spacial score (nSPS) is 15.3. The minimum Gasteiger partial charge on any atom is -0.477 e. The van der Waals surface area contributed by atoms with E-state index < -0.39 is 0 Å². The first kappa shape index (κ1) is 10.2. The molecule has 0 saturated heterocycles. The lowest BCUT2D eigenvalue weighted by Gasteiger charge is -2.06. The van der Waals surface area contributed by atoms with E-state index in [9.17, 15) is 0 Å². The standard InChI is InChI=1S/C11H17N3O/c1-2-3-10-13-9(12)6-11(14-10)15-7-8-4-5-8/h6,8H,2-5,7H2,1H3,(H2,12,13,14). The van der Waals surface area contributed by atoms with Crippen LogP contribution in [0.15, 0.2) is 6.07 Å². The number of ether oxygens (including phenoxy) is 1. The summed E-state index contributed by atoms with van der Waals surface area (Å²) in [5.41, 5.74) is 5.68. The number of aryl methyl sites for hydroxylation is 1. The zero-order valence-electron chi connectivity index (χ0n) is 9.07. The van der Waals surface area contributed by atoms with Crippen molar-refractivity contribution < 1.29 is 4.74 Å². The molecule has 2 rings (SSSR count). The highest BCUT2D eigenvalue weighted by Gasteiger charge is 2.22. The number of hydrogen-bond donors (Lipinski definition) is 1. The molecule has 1 aromatic heterocycles. The molecule has 1 aliphatic carbocycles. The number of aromatic nitrogens is 2. The van der Waals surface area contributed by atoms with Gasteiger partial charge < -0.3 is 10.5 Å². The molecule has 0 unspecified atom stereocenters. The zero-order valence-corrected chi connectivity index (χ0v) is 9.07. The van der Waals surface area contributed by atoms with Gasteiger partial charge in [-0.2, -0.15) is 4.98 Å². The summed E-state index contributed by atoms with van der Waals surface area (Å²) in [5.74, 6) is 2.64. The van der Waals surface area contributed by atoms with Crippen molar-refractivity contribution in [1.82, 2.24) is 9.97 Å². The second-order valence-electron chi connectivity index (χ2n) is 4.05. The Hall–Kier alpha value is -1.32. The smallest absolute Gasteiger partial charge is 0.218 e. The van der Waals surface area contributed by atoms with Crippen molar-refractivity contribution in [1.29, 1.82) is 0 Å². The average Bonchev–Trinajstić information content (AvgIpc) is 2.98.